The highest BCUT2D eigenvalue weighted by molar-refractivity contribution is 14.0. The Morgan fingerprint density at radius 1 is 1.20 bits per heavy atom. The summed E-state index contributed by atoms with van der Waals surface area (Å²) < 4.78 is 11.4. The van der Waals surface area contributed by atoms with Gasteiger partial charge in [-0.15, -0.1) is 24.0 Å². The van der Waals surface area contributed by atoms with Crippen molar-refractivity contribution in [3.05, 3.63) is 29.8 Å². The number of guanidine groups is 1. The summed E-state index contributed by atoms with van der Waals surface area (Å²) in [6.45, 7) is 11.4. The number of ether oxygens (including phenoxy) is 2. The summed E-state index contributed by atoms with van der Waals surface area (Å²) in [5, 5.41) is 3.49. The Balaban J connectivity index is 0.00000256. The van der Waals surface area contributed by atoms with Crippen LogP contribution in [-0.4, -0.2) is 74.8 Å². The molecule has 0 unspecified atom stereocenters. The van der Waals surface area contributed by atoms with Crippen molar-refractivity contribution in [2.75, 3.05) is 59.1 Å². The first kappa shape index (κ1) is 23.6. The van der Waals surface area contributed by atoms with E-state index in [0.29, 0.717) is 18.6 Å². The van der Waals surface area contributed by atoms with Gasteiger partial charge in [0.25, 0.3) is 0 Å². The van der Waals surface area contributed by atoms with Crippen LogP contribution in [0.4, 0.5) is 0 Å². The van der Waals surface area contributed by atoms with Gasteiger partial charge in [0.2, 0.25) is 0 Å². The fourth-order valence-electron chi connectivity index (χ4n) is 4.64. The molecule has 30 heavy (non-hydrogen) atoms. The molecule has 6 nitrogen and oxygen atoms in total. The van der Waals surface area contributed by atoms with Crippen molar-refractivity contribution in [3.8, 4) is 5.75 Å². The first-order valence-corrected chi connectivity index (χ1v) is 11.3. The largest absolute Gasteiger partial charge is 0.492 e. The summed E-state index contributed by atoms with van der Waals surface area (Å²) in [5.74, 6) is 2.00. The van der Waals surface area contributed by atoms with E-state index in [1.807, 2.05) is 6.07 Å². The summed E-state index contributed by atoms with van der Waals surface area (Å²) in [7, 11) is 0. The Bertz CT molecular complexity index is 690. The van der Waals surface area contributed by atoms with Crippen LogP contribution in [0.2, 0.25) is 0 Å². The van der Waals surface area contributed by atoms with E-state index >= 15 is 0 Å². The SMILES string of the molecule is CCNC(=NCc1cccc(OCCN2CCOCC2)c1)N1CCC2(CCC2)C1.I. The molecule has 1 aliphatic carbocycles. The van der Waals surface area contributed by atoms with Crippen molar-refractivity contribution in [2.24, 2.45) is 10.4 Å². The molecule has 0 radical (unpaired) electrons. The molecule has 0 bridgehead atoms. The molecule has 7 heteroatoms. The van der Waals surface area contributed by atoms with E-state index in [1.54, 1.807) is 0 Å². The van der Waals surface area contributed by atoms with Crippen LogP contribution < -0.4 is 10.1 Å². The average Bonchev–Trinajstić information content (AvgIpc) is 3.19. The first-order chi connectivity index (χ1) is 14.3. The van der Waals surface area contributed by atoms with Crippen molar-refractivity contribution in [1.29, 1.82) is 0 Å². The molecule has 2 saturated heterocycles. The molecular formula is C23H37IN4O2. The minimum absolute atomic E-state index is 0. The van der Waals surface area contributed by atoms with Gasteiger partial charge in [-0.1, -0.05) is 18.6 Å². The third-order valence-corrected chi connectivity index (χ3v) is 6.58. The van der Waals surface area contributed by atoms with Crippen LogP contribution >= 0.6 is 24.0 Å². The maximum absolute atomic E-state index is 6.00. The van der Waals surface area contributed by atoms with Gasteiger partial charge in [-0.2, -0.15) is 0 Å². The quantitative estimate of drug-likeness (QED) is 0.334. The minimum Gasteiger partial charge on any atom is -0.492 e. The number of hydrogen-bond acceptors (Lipinski definition) is 4. The minimum atomic E-state index is 0. The topological polar surface area (TPSA) is 49.3 Å². The highest BCUT2D eigenvalue weighted by Crippen LogP contribution is 2.47. The smallest absolute Gasteiger partial charge is 0.194 e. The summed E-state index contributed by atoms with van der Waals surface area (Å²) in [4.78, 5) is 9.80. The second-order valence-corrected chi connectivity index (χ2v) is 8.65. The van der Waals surface area contributed by atoms with Crippen LogP contribution in [0.25, 0.3) is 0 Å². The standard InChI is InChI=1S/C23H36N4O2.HI/c1-2-24-22(27-10-9-23(19-27)7-4-8-23)25-18-20-5-3-6-21(17-20)29-16-13-26-11-14-28-15-12-26;/h3,5-6,17H,2,4,7-16,18-19H2,1H3,(H,24,25);1H. The van der Waals surface area contributed by atoms with Gasteiger partial charge in [0.1, 0.15) is 12.4 Å². The molecule has 0 atom stereocenters. The van der Waals surface area contributed by atoms with Crippen LogP contribution in [0.3, 0.4) is 0 Å². The molecule has 168 valence electrons. The molecule has 0 amide bonds. The Morgan fingerprint density at radius 2 is 2.03 bits per heavy atom. The Hall–Kier alpha value is -1.06. The number of aliphatic imine (C=N–C) groups is 1. The number of nitrogens with zero attached hydrogens (tertiary/aromatic N) is 3. The zero-order valence-electron chi connectivity index (χ0n) is 18.3. The number of nitrogens with one attached hydrogen (secondary N) is 1. The van der Waals surface area contributed by atoms with E-state index in [4.69, 9.17) is 14.5 Å². The fourth-order valence-corrected chi connectivity index (χ4v) is 4.64. The van der Waals surface area contributed by atoms with Crippen molar-refractivity contribution >= 4 is 29.9 Å². The molecule has 1 spiro atoms. The first-order valence-electron chi connectivity index (χ1n) is 11.3. The molecular weight excluding hydrogens is 491 g/mol. The molecule has 1 aromatic rings. The van der Waals surface area contributed by atoms with Gasteiger partial charge in [-0.3, -0.25) is 4.90 Å². The zero-order valence-corrected chi connectivity index (χ0v) is 20.6. The molecule has 1 saturated carbocycles. The lowest BCUT2D eigenvalue weighted by molar-refractivity contribution is 0.0322. The van der Waals surface area contributed by atoms with Gasteiger partial charge in [0, 0.05) is 39.3 Å². The van der Waals surface area contributed by atoms with E-state index in [2.05, 4.69) is 40.2 Å². The monoisotopic (exact) mass is 528 g/mol. The van der Waals surface area contributed by atoms with E-state index in [9.17, 15) is 0 Å². The van der Waals surface area contributed by atoms with Crippen LogP contribution in [0.5, 0.6) is 5.75 Å². The normalized spacial score (nSPS) is 21.2. The summed E-state index contributed by atoms with van der Waals surface area (Å²) in [6, 6.07) is 8.38. The van der Waals surface area contributed by atoms with Gasteiger partial charge < -0.3 is 19.7 Å². The fraction of sp³-hybridized carbons (Fsp3) is 0.696. The predicted molar refractivity (Wildman–Crippen MR) is 132 cm³/mol. The Kier molecular flexibility index (Phi) is 9.07. The molecule has 3 aliphatic rings. The third-order valence-electron chi connectivity index (χ3n) is 6.58. The van der Waals surface area contributed by atoms with E-state index in [-0.39, 0.29) is 24.0 Å². The van der Waals surface area contributed by atoms with E-state index < -0.39 is 0 Å². The number of likely N-dealkylation sites (tertiary alicyclic amines) is 1. The molecule has 3 fully saturated rings. The lowest BCUT2D eigenvalue weighted by atomic mass is 9.68. The van der Waals surface area contributed by atoms with Crippen LogP contribution in [0.15, 0.2) is 29.3 Å². The van der Waals surface area contributed by atoms with Crippen LogP contribution in [0, 0.1) is 5.41 Å². The maximum atomic E-state index is 6.00. The van der Waals surface area contributed by atoms with Crippen LogP contribution in [0.1, 0.15) is 38.2 Å². The number of halogens is 1. The number of hydrogen-bond donors (Lipinski definition) is 1. The van der Waals surface area contributed by atoms with E-state index in [0.717, 1.165) is 57.6 Å². The molecule has 4 rings (SSSR count). The highest BCUT2D eigenvalue weighted by atomic mass is 127. The van der Waals surface area contributed by atoms with Gasteiger partial charge in [-0.05, 0) is 49.3 Å². The number of morpholine rings is 1. The molecule has 1 N–H and O–H groups in total. The zero-order chi connectivity index (χ0) is 19.9. The Morgan fingerprint density at radius 3 is 2.73 bits per heavy atom. The summed E-state index contributed by atoms with van der Waals surface area (Å²) >= 11 is 0. The van der Waals surface area contributed by atoms with Crippen molar-refractivity contribution in [3.63, 3.8) is 0 Å². The lowest BCUT2D eigenvalue weighted by Gasteiger charge is -2.38. The third kappa shape index (κ3) is 6.23. The highest BCUT2D eigenvalue weighted by Gasteiger charge is 2.43. The lowest BCUT2D eigenvalue weighted by Crippen LogP contribution is -2.42. The van der Waals surface area contributed by atoms with Gasteiger partial charge >= 0.3 is 0 Å². The van der Waals surface area contributed by atoms with Gasteiger partial charge in [0.05, 0.1) is 19.8 Å². The van der Waals surface area contributed by atoms with E-state index in [1.165, 1.54) is 37.8 Å². The molecule has 2 aliphatic heterocycles. The number of benzene rings is 1. The van der Waals surface area contributed by atoms with Crippen molar-refractivity contribution < 1.29 is 9.47 Å². The number of rotatable bonds is 7. The summed E-state index contributed by atoms with van der Waals surface area (Å²) in [5.41, 5.74) is 1.78. The summed E-state index contributed by atoms with van der Waals surface area (Å²) in [6.07, 6.45) is 5.52. The van der Waals surface area contributed by atoms with Crippen LogP contribution in [-0.2, 0) is 11.3 Å². The van der Waals surface area contributed by atoms with Crippen molar-refractivity contribution in [1.82, 2.24) is 15.1 Å². The average molecular weight is 528 g/mol. The second kappa shape index (κ2) is 11.5. The van der Waals surface area contributed by atoms with Gasteiger partial charge in [0.15, 0.2) is 5.96 Å². The van der Waals surface area contributed by atoms with Crippen molar-refractivity contribution in [2.45, 2.75) is 39.2 Å². The molecule has 0 aromatic heterocycles. The molecule has 1 aromatic carbocycles. The maximum Gasteiger partial charge on any atom is 0.194 e. The van der Waals surface area contributed by atoms with Gasteiger partial charge in [-0.25, -0.2) is 4.99 Å². The molecule has 2 heterocycles. The Labute approximate surface area is 198 Å². The second-order valence-electron chi connectivity index (χ2n) is 8.65. The predicted octanol–water partition coefficient (Wildman–Crippen LogP) is 3.36.